The molecule has 0 aliphatic carbocycles. The Balaban J connectivity index is 3.23. The molecule has 12 heavy (non-hydrogen) atoms. The van der Waals surface area contributed by atoms with Crippen LogP contribution in [-0.4, -0.2) is 12.1 Å². The second-order valence-corrected chi connectivity index (χ2v) is 2.64. The minimum atomic E-state index is -5.10. The smallest absolute Gasteiger partial charge is 0.511 e. The van der Waals surface area contributed by atoms with E-state index in [0.29, 0.717) is 5.56 Å². The Morgan fingerprint density at radius 3 is 2.25 bits per heavy atom. The fourth-order valence-corrected chi connectivity index (χ4v) is 0.936. The first-order chi connectivity index (χ1) is 5.41. The van der Waals surface area contributed by atoms with E-state index in [4.69, 9.17) is 5.11 Å². The standard InChI is InChI=1S/C7H7BF3O/c1-5-2-3-7(12)6(4-5)8(9,10)11/h2-4,12H,1H3/q-1. The van der Waals surface area contributed by atoms with Crippen LogP contribution in [0.3, 0.4) is 0 Å². The molecule has 5 heteroatoms. The van der Waals surface area contributed by atoms with Crippen molar-refractivity contribution in [3.8, 4) is 5.75 Å². The number of phenols is 1. The molecule has 0 aliphatic heterocycles. The van der Waals surface area contributed by atoms with E-state index >= 15 is 0 Å². The highest BCUT2D eigenvalue weighted by atomic mass is 19.4. The van der Waals surface area contributed by atoms with E-state index in [1.807, 2.05) is 0 Å². The van der Waals surface area contributed by atoms with Crippen LogP contribution in [0.25, 0.3) is 0 Å². The van der Waals surface area contributed by atoms with Crippen molar-refractivity contribution in [2.24, 2.45) is 0 Å². The average molecular weight is 175 g/mol. The molecule has 0 atom stereocenters. The van der Waals surface area contributed by atoms with E-state index < -0.39 is 18.2 Å². The first-order valence-electron chi connectivity index (χ1n) is 3.40. The van der Waals surface area contributed by atoms with E-state index in [1.165, 1.54) is 6.07 Å². The summed E-state index contributed by atoms with van der Waals surface area (Å²) in [6, 6.07) is 3.43. The van der Waals surface area contributed by atoms with Crippen molar-refractivity contribution in [3.05, 3.63) is 23.8 Å². The highest BCUT2D eigenvalue weighted by Gasteiger charge is 2.28. The fourth-order valence-electron chi connectivity index (χ4n) is 0.936. The molecule has 1 nitrogen and oxygen atoms in total. The van der Waals surface area contributed by atoms with Crippen molar-refractivity contribution in [2.75, 3.05) is 0 Å². The fraction of sp³-hybridized carbons (Fsp3) is 0.143. The third kappa shape index (κ3) is 1.72. The third-order valence-corrected chi connectivity index (χ3v) is 1.54. The first-order valence-corrected chi connectivity index (χ1v) is 3.40. The SMILES string of the molecule is Cc1ccc(O)c([B-](F)(F)F)c1. The molecular formula is C7H7BF3O-. The Hall–Kier alpha value is -1.13. The molecule has 1 aromatic rings. The van der Waals surface area contributed by atoms with E-state index in [2.05, 4.69) is 0 Å². The van der Waals surface area contributed by atoms with Gasteiger partial charge in [-0.1, -0.05) is 23.2 Å². The van der Waals surface area contributed by atoms with Gasteiger partial charge in [-0.2, -0.15) is 0 Å². The molecule has 0 heterocycles. The number of aryl methyl sites for hydroxylation is 1. The molecule has 1 rings (SSSR count). The molecule has 0 aromatic heterocycles. The van der Waals surface area contributed by atoms with E-state index in [1.54, 1.807) is 6.92 Å². The summed E-state index contributed by atoms with van der Waals surface area (Å²) in [6.07, 6.45) is 0. The molecule has 0 aliphatic rings. The molecule has 0 saturated heterocycles. The van der Waals surface area contributed by atoms with Crippen LogP contribution < -0.4 is 5.46 Å². The first kappa shape index (κ1) is 8.97. The summed E-state index contributed by atoms with van der Waals surface area (Å²) >= 11 is 0. The summed E-state index contributed by atoms with van der Waals surface area (Å²) < 4.78 is 36.4. The lowest BCUT2D eigenvalue weighted by atomic mass is 9.79. The lowest BCUT2D eigenvalue weighted by Gasteiger charge is -2.16. The van der Waals surface area contributed by atoms with Gasteiger partial charge in [-0.15, -0.1) is 0 Å². The van der Waals surface area contributed by atoms with Crippen LogP contribution >= 0.6 is 0 Å². The Morgan fingerprint density at radius 2 is 1.83 bits per heavy atom. The molecule has 1 aromatic carbocycles. The zero-order chi connectivity index (χ0) is 9.35. The molecule has 0 fully saturated rings. The molecule has 0 radical (unpaired) electrons. The molecule has 66 valence electrons. The third-order valence-electron chi connectivity index (χ3n) is 1.54. The second-order valence-electron chi connectivity index (χ2n) is 2.64. The lowest BCUT2D eigenvalue weighted by Crippen LogP contribution is -2.34. The zero-order valence-corrected chi connectivity index (χ0v) is 6.39. The Labute approximate surface area is 67.9 Å². The Morgan fingerprint density at radius 1 is 1.25 bits per heavy atom. The van der Waals surface area contributed by atoms with Crippen LogP contribution in [0.15, 0.2) is 18.2 Å². The topological polar surface area (TPSA) is 20.2 Å². The number of hydrogen-bond donors (Lipinski definition) is 1. The predicted molar refractivity (Wildman–Crippen MR) is 41.6 cm³/mol. The molecule has 1 N–H and O–H groups in total. The number of aromatic hydroxyl groups is 1. The Kier molecular flexibility index (Phi) is 2.04. The molecule has 0 spiro atoms. The van der Waals surface area contributed by atoms with Gasteiger partial charge in [0.05, 0.1) is 5.75 Å². The number of phenolic OH excluding ortho intramolecular Hbond substituents is 1. The van der Waals surface area contributed by atoms with Crippen LogP contribution in [-0.2, 0) is 0 Å². The summed E-state index contributed by atoms with van der Waals surface area (Å²) in [5.41, 5.74) is -0.433. The summed E-state index contributed by atoms with van der Waals surface area (Å²) in [6.45, 7) is -3.55. The van der Waals surface area contributed by atoms with E-state index in [0.717, 1.165) is 12.1 Å². The molecule has 0 bridgehead atoms. The highest BCUT2D eigenvalue weighted by molar-refractivity contribution is 6.74. The maximum absolute atomic E-state index is 12.1. The van der Waals surface area contributed by atoms with Gasteiger partial charge in [0.2, 0.25) is 0 Å². The lowest BCUT2D eigenvalue weighted by molar-refractivity contribution is 0.463. The van der Waals surface area contributed by atoms with Crippen LogP contribution in [0.4, 0.5) is 12.9 Å². The molecule has 0 unspecified atom stereocenters. The summed E-state index contributed by atoms with van der Waals surface area (Å²) in [7, 11) is 0. The maximum atomic E-state index is 12.1. The monoisotopic (exact) mass is 175 g/mol. The van der Waals surface area contributed by atoms with Crippen LogP contribution in [0, 0.1) is 6.92 Å². The predicted octanol–water partition coefficient (Wildman–Crippen LogP) is 1.76. The van der Waals surface area contributed by atoms with Gasteiger partial charge in [-0.05, 0) is 13.0 Å². The van der Waals surface area contributed by atoms with Gasteiger partial charge in [0.1, 0.15) is 0 Å². The van der Waals surface area contributed by atoms with Crippen molar-refractivity contribution >= 4 is 12.4 Å². The van der Waals surface area contributed by atoms with Crippen molar-refractivity contribution in [1.82, 2.24) is 0 Å². The van der Waals surface area contributed by atoms with Crippen molar-refractivity contribution < 1.29 is 18.1 Å². The number of hydrogen-bond acceptors (Lipinski definition) is 1. The average Bonchev–Trinajstić information content (AvgIpc) is 1.92. The maximum Gasteiger partial charge on any atom is 0.513 e. The van der Waals surface area contributed by atoms with Gasteiger partial charge in [-0.3, -0.25) is 0 Å². The van der Waals surface area contributed by atoms with Crippen molar-refractivity contribution in [1.29, 1.82) is 0 Å². The second kappa shape index (κ2) is 2.73. The molecular weight excluding hydrogens is 168 g/mol. The van der Waals surface area contributed by atoms with Crippen molar-refractivity contribution in [2.45, 2.75) is 6.92 Å². The largest absolute Gasteiger partial charge is 0.513 e. The van der Waals surface area contributed by atoms with Crippen molar-refractivity contribution in [3.63, 3.8) is 0 Å². The Bertz CT molecular complexity index is 295. The normalized spacial score (nSPS) is 11.7. The van der Waals surface area contributed by atoms with Gasteiger partial charge in [0.25, 0.3) is 0 Å². The number of halogens is 3. The minimum absolute atomic E-state index is 0.488. The van der Waals surface area contributed by atoms with Gasteiger partial charge in [0.15, 0.2) is 0 Å². The van der Waals surface area contributed by atoms with E-state index in [-0.39, 0.29) is 0 Å². The van der Waals surface area contributed by atoms with Crippen LogP contribution in [0.5, 0.6) is 5.75 Å². The van der Waals surface area contributed by atoms with Crippen LogP contribution in [0.2, 0.25) is 0 Å². The molecule has 0 saturated carbocycles. The highest BCUT2D eigenvalue weighted by Crippen LogP contribution is 2.17. The number of benzene rings is 1. The number of rotatable bonds is 1. The van der Waals surface area contributed by atoms with Gasteiger partial charge in [-0.25, -0.2) is 0 Å². The minimum Gasteiger partial charge on any atom is -0.511 e. The van der Waals surface area contributed by atoms with Gasteiger partial charge < -0.3 is 18.1 Å². The quantitative estimate of drug-likeness (QED) is 0.644. The summed E-state index contributed by atoms with van der Waals surface area (Å²) in [5, 5.41) is 8.87. The van der Waals surface area contributed by atoms with E-state index in [9.17, 15) is 12.9 Å². The summed E-state index contributed by atoms with van der Waals surface area (Å²) in [5.74, 6) is -0.701. The van der Waals surface area contributed by atoms with Gasteiger partial charge in [0, 0.05) is 0 Å². The van der Waals surface area contributed by atoms with Crippen LogP contribution in [0.1, 0.15) is 5.56 Å². The molecule has 0 amide bonds. The zero-order valence-electron chi connectivity index (χ0n) is 6.39. The summed E-state index contributed by atoms with van der Waals surface area (Å²) in [4.78, 5) is 0. The van der Waals surface area contributed by atoms with Gasteiger partial charge >= 0.3 is 6.98 Å².